The molecule has 0 bridgehead atoms. The zero-order chi connectivity index (χ0) is 12.4. The summed E-state index contributed by atoms with van der Waals surface area (Å²) in [6, 6.07) is 5.29. The Morgan fingerprint density at radius 1 is 1.41 bits per heavy atom. The number of hydrogen-bond acceptors (Lipinski definition) is 3. The van der Waals surface area contributed by atoms with E-state index in [9.17, 15) is 4.39 Å². The maximum atomic E-state index is 13.7. The van der Waals surface area contributed by atoms with Gasteiger partial charge in [-0.3, -0.25) is 0 Å². The van der Waals surface area contributed by atoms with E-state index in [2.05, 4.69) is 18.8 Å². The minimum atomic E-state index is -0.117. The third-order valence-electron chi connectivity index (χ3n) is 2.56. The van der Waals surface area contributed by atoms with Crippen molar-refractivity contribution < 1.29 is 4.39 Å². The van der Waals surface area contributed by atoms with E-state index in [4.69, 9.17) is 5.73 Å². The molecule has 2 rings (SSSR count). The summed E-state index contributed by atoms with van der Waals surface area (Å²) in [4.78, 5) is 5.77. The Kier molecular flexibility index (Phi) is 3.43. The van der Waals surface area contributed by atoms with Gasteiger partial charge in [-0.1, -0.05) is 13.8 Å². The molecule has 2 nitrogen and oxygen atoms in total. The summed E-state index contributed by atoms with van der Waals surface area (Å²) >= 11 is 1.53. The second kappa shape index (κ2) is 4.84. The Hall–Kier alpha value is -1.42. The molecular formula is C13H15FN2S. The molecule has 17 heavy (non-hydrogen) atoms. The number of aromatic nitrogens is 1. The van der Waals surface area contributed by atoms with Crippen LogP contribution in [-0.4, -0.2) is 4.98 Å². The van der Waals surface area contributed by atoms with Gasteiger partial charge < -0.3 is 5.73 Å². The number of anilines is 1. The minimum Gasteiger partial charge on any atom is -0.384 e. The van der Waals surface area contributed by atoms with E-state index in [1.54, 1.807) is 18.3 Å². The molecule has 90 valence electrons. The highest BCUT2D eigenvalue weighted by Gasteiger charge is 2.11. The molecule has 0 unspecified atom stereocenters. The van der Waals surface area contributed by atoms with E-state index in [-0.39, 0.29) is 5.82 Å². The monoisotopic (exact) mass is 250 g/mol. The molecule has 2 heterocycles. The summed E-state index contributed by atoms with van der Waals surface area (Å²) in [5, 5.41) is 0. The van der Waals surface area contributed by atoms with Crippen LogP contribution in [0.3, 0.4) is 0 Å². The molecule has 0 aliphatic carbocycles. The molecule has 0 amide bonds. The number of halogens is 1. The average molecular weight is 250 g/mol. The fraction of sp³-hybridized carbons (Fsp3) is 0.308. The predicted molar refractivity (Wildman–Crippen MR) is 69.8 cm³/mol. The summed E-state index contributed by atoms with van der Waals surface area (Å²) < 4.78 is 13.7. The lowest BCUT2D eigenvalue weighted by atomic mass is 10.1. The fourth-order valence-corrected chi connectivity index (χ4v) is 2.70. The summed E-state index contributed by atoms with van der Waals surface area (Å²) in [5.74, 6) is 0.725. The first-order valence-corrected chi connectivity index (χ1v) is 6.36. The number of thiophene rings is 1. The Morgan fingerprint density at radius 2 is 2.18 bits per heavy atom. The van der Waals surface area contributed by atoms with Gasteiger partial charge in [-0.2, -0.15) is 0 Å². The van der Waals surface area contributed by atoms with E-state index in [1.807, 2.05) is 6.07 Å². The lowest BCUT2D eigenvalue weighted by Crippen LogP contribution is -1.93. The molecule has 2 aromatic rings. The van der Waals surface area contributed by atoms with Crippen LogP contribution in [0.4, 0.5) is 10.2 Å². The highest BCUT2D eigenvalue weighted by atomic mass is 32.1. The molecule has 0 aliphatic rings. The van der Waals surface area contributed by atoms with Crippen LogP contribution >= 0.6 is 11.3 Å². The molecule has 0 atom stereocenters. The maximum absolute atomic E-state index is 13.7. The first-order valence-electron chi connectivity index (χ1n) is 5.54. The molecule has 0 fully saturated rings. The zero-order valence-corrected chi connectivity index (χ0v) is 10.7. The van der Waals surface area contributed by atoms with Crippen molar-refractivity contribution in [2.24, 2.45) is 0 Å². The SMILES string of the molecule is CC(C)c1cc(F)c(Cc2ccnc(N)c2)s1. The molecule has 2 N–H and O–H groups in total. The van der Waals surface area contributed by atoms with Crippen molar-refractivity contribution in [2.45, 2.75) is 26.2 Å². The van der Waals surface area contributed by atoms with Gasteiger partial charge in [0, 0.05) is 22.4 Å². The number of nitrogens with zero attached hydrogens (tertiary/aromatic N) is 1. The highest BCUT2D eigenvalue weighted by molar-refractivity contribution is 7.12. The van der Waals surface area contributed by atoms with Gasteiger partial charge in [0.2, 0.25) is 0 Å². The Bertz CT molecular complexity index is 520. The fourth-order valence-electron chi connectivity index (χ4n) is 1.62. The highest BCUT2D eigenvalue weighted by Crippen LogP contribution is 2.29. The van der Waals surface area contributed by atoms with Crippen LogP contribution in [-0.2, 0) is 6.42 Å². The van der Waals surface area contributed by atoms with Gasteiger partial charge in [0.05, 0.1) is 0 Å². The van der Waals surface area contributed by atoms with Gasteiger partial charge >= 0.3 is 0 Å². The molecule has 0 spiro atoms. The minimum absolute atomic E-state index is 0.117. The van der Waals surface area contributed by atoms with Crippen LogP contribution in [0.1, 0.15) is 35.1 Å². The largest absolute Gasteiger partial charge is 0.384 e. The van der Waals surface area contributed by atoms with Crippen molar-refractivity contribution in [2.75, 3.05) is 5.73 Å². The summed E-state index contributed by atoms with van der Waals surface area (Å²) in [6.07, 6.45) is 2.23. The number of pyridine rings is 1. The number of nitrogens with two attached hydrogens (primary N) is 1. The first-order chi connectivity index (χ1) is 8.06. The molecule has 0 saturated carbocycles. The van der Waals surface area contributed by atoms with Gasteiger partial charge in [0.15, 0.2) is 0 Å². The van der Waals surface area contributed by atoms with E-state index >= 15 is 0 Å². The quantitative estimate of drug-likeness (QED) is 0.904. The Labute approximate surface area is 104 Å². The molecule has 4 heteroatoms. The maximum Gasteiger partial charge on any atom is 0.137 e. The lowest BCUT2D eigenvalue weighted by molar-refractivity contribution is 0.620. The molecule has 0 radical (unpaired) electrons. The average Bonchev–Trinajstić information content (AvgIpc) is 2.61. The summed E-state index contributed by atoms with van der Waals surface area (Å²) in [6.45, 7) is 4.14. The van der Waals surface area contributed by atoms with E-state index in [0.717, 1.165) is 15.3 Å². The van der Waals surface area contributed by atoms with Crippen LogP contribution < -0.4 is 5.73 Å². The van der Waals surface area contributed by atoms with Crippen molar-refractivity contribution in [1.82, 2.24) is 4.98 Å². The van der Waals surface area contributed by atoms with Crippen molar-refractivity contribution in [3.05, 3.63) is 45.5 Å². The van der Waals surface area contributed by atoms with Gasteiger partial charge in [-0.15, -0.1) is 11.3 Å². The number of rotatable bonds is 3. The van der Waals surface area contributed by atoms with Crippen LogP contribution in [0.15, 0.2) is 24.4 Å². The van der Waals surface area contributed by atoms with Crippen LogP contribution in [0, 0.1) is 5.82 Å². The molecule has 2 aromatic heterocycles. The third kappa shape index (κ3) is 2.82. The second-order valence-corrected chi connectivity index (χ2v) is 5.51. The normalized spacial score (nSPS) is 11.1. The summed E-state index contributed by atoms with van der Waals surface area (Å²) in [7, 11) is 0. The van der Waals surface area contributed by atoms with E-state index in [1.165, 1.54) is 11.3 Å². The van der Waals surface area contributed by atoms with Crippen LogP contribution in [0.5, 0.6) is 0 Å². The smallest absolute Gasteiger partial charge is 0.137 e. The van der Waals surface area contributed by atoms with Crippen molar-refractivity contribution >= 4 is 17.2 Å². The molecular weight excluding hydrogens is 235 g/mol. The predicted octanol–water partition coefficient (Wildman–Crippen LogP) is 3.58. The van der Waals surface area contributed by atoms with E-state index in [0.29, 0.717) is 18.2 Å². The Balaban J connectivity index is 2.24. The van der Waals surface area contributed by atoms with Gasteiger partial charge in [-0.25, -0.2) is 9.37 Å². The van der Waals surface area contributed by atoms with Gasteiger partial charge in [0.1, 0.15) is 11.6 Å². The van der Waals surface area contributed by atoms with E-state index < -0.39 is 0 Å². The van der Waals surface area contributed by atoms with Gasteiger partial charge in [0.25, 0.3) is 0 Å². The number of hydrogen-bond donors (Lipinski definition) is 1. The second-order valence-electron chi connectivity index (χ2n) is 4.34. The zero-order valence-electron chi connectivity index (χ0n) is 9.90. The first kappa shape index (κ1) is 12.0. The standard InChI is InChI=1S/C13H15FN2S/c1-8(2)11-7-10(14)12(17-11)5-9-3-4-16-13(15)6-9/h3-4,6-8H,5H2,1-2H3,(H2,15,16). The number of nitrogen functional groups attached to an aromatic ring is 1. The lowest BCUT2D eigenvalue weighted by Gasteiger charge is -2.00. The van der Waals surface area contributed by atoms with Crippen molar-refractivity contribution in [3.8, 4) is 0 Å². The van der Waals surface area contributed by atoms with Crippen LogP contribution in [0.2, 0.25) is 0 Å². The topological polar surface area (TPSA) is 38.9 Å². The molecule has 0 aliphatic heterocycles. The molecule has 0 aromatic carbocycles. The van der Waals surface area contributed by atoms with Crippen molar-refractivity contribution in [3.63, 3.8) is 0 Å². The molecule has 0 saturated heterocycles. The van der Waals surface area contributed by atoms with Gasteiger partial charge in [-0.05, 0) is 29.7 Å². The van der Waals surface area contributed by atoms with Crippen LogP contribution in [0.25, 0.3) is 0 Å². The third-order valence-corrected chi connectivity index (χ3v) is 3.97. The Morgan fingerprint density at radius 3 is 2.76 bits per heavy atom. The van der Waals surface area contributed by atoms with Crippen molar-refractivity contribution in [1.29, 1.82) is 0 Å². The summed E-state index contributed by atoms with van der Waals surface area (Å²) in [5.41, 5.74) is 6.60.